The van der Waals surface area contributed by atoms with Gasteiger partial charge in [0, 0.05) is 12.0 Å². The lowest BCUT2D eigenvalue weighted by Crippen LogP contribution is -2.59. The number of hydrogen-bond donors (Lipinski definition) is 0. The number of methoxy groups -OCH3 is 1. The van der Waals surface area contributed by atoms with E-state index in [-0.39, 0.29) is 11.1 Å². The van der Waals surface area contributed by atoms with Crippen molar-refractivity contribution < 1.29 is 18.9 Å². The van der Waals surface area contributed by atoms with Crippen LogP contribution in [0.5, 0.6) is 5.75 Å². The maximum Gasteiger partial charge on any atom is 0.249 e. The molecule has 0 amide bonds. The Kier molecular flexibility index (Phi) is 3.26. The van der Waals surface area contributed by atoms with Crippen LogP contribution in [0.15, 0.2) is 18.2 Å². The molecule has 1 aromatic carbocycles. The van der Waals surface area contributed by atoms with Crippen molar-refractivity contribution in [3.05, 3.63) is 29.3 Å². The average Bonchev–Trinajstić information content (AvgIpc) is 2.58. The van der Waals surface area contributed by atoms with Gasteiger partial charge in [0.2, 0.25) is 5.79 Å². The second-order valence-corrected chi connectivity index (χ2v) is 12.2. The molecule has 3 rings (SSSR count). The maximum absolute atomic E-state index is 6.60. The van der Waals surface area contributed by atoms with Crippen molar-refractivity contribution in [3.8, 4) is 5.75 Å². The van der Waals surface area contributed by atoms with Gasteiger partial charge in [0.25, 0.3) is 0 Å². The highest BCUT2D eigenvalue weighted by molar-refractivity contribution is 6.74. The monoisotopic (exact) mass is 308 g/mol. The van der Waals surface area contributed by atoms with Gasteiger partial charge in [-0.2, -0.15) is 4.89 Å². The molecule has 0 radical (unpaired) electrons. The van der Waals surface area contributed by atoms with Crippen molar-refractivity contribution in [2.24, 2.45) is 0 Å². The summed E-state index contributed by atoms with van der Waals surface area (Å²) < 4.78 is 11.9. The minimum absolute atomic E-state index is 0.0475. The van der Waals surface area contributed by atoms with Crippen LogP contribution in [0.1, 0.15) is 31.9 Å². The van der Waals surface area contributed by atoms with Crippen molar-refractivity contribution in [1.29, 1.82) is 0 Å². The molecular formula is C16H24O4Si. The molecule has 1 fully saturated rings. The van der Waals surface area contributed by atoms with Crippen LogP contribution in [0.25, 0.3) is 0 Å². The first kappa shape index (κ1) is 15.0. The van der Waals surface area contributed by atoms with E-state index in [1.165, 1.54) is 5.56 Å². The van der Waals surface area contributed by atoms with E-state index in [4.69, 9.17) is 18.9 Å². The quantitative estimate of drug-likeness (QED) is 0.629. The van der Waals surface area contributed by atoms with Crippen molar-refractivity contribution in [2.45, 2.75) is 57.2 Å². The lowest BCUT2D eigenvalue weighted by molar-refractivity contribution is -0.564. The van der Waals surface area contributed by atoms with Gasteiger partial charge in [-0.25, -0.2) is 4.89 Å². The fraction of sp³-hybridized carbons (Fsp3) is 0.625. The van der Waals surface area contributed by atoms with Gasteiger partial charge >= 0.3 is 0 Å². The molecule has 1 aromatic rings. The number of benzene rings is 1. The molecule has 0 saturated carbocycles. The fourth-order valence-electron chi connectivity index (χ4n) is 2.67. The van der Waals surface area contributed by atoms with Gasteiger partial charge in [-0.05, 0) is 41.9 Å². The first-order valence-electron chi connectivity index (χ1n) is 7.42. The first-order valence-corrected chi connectivity index (χ1v) is 10.3. The van der Waals surface area contributed by atoms with E-state index in [1.807, 2.05) is 12.1 Å². The van der Waals surface area contributed by atoms with Crippen molar-refractivity contribution in [3.63, 3.8) is 0 Å². The van der Waals surface area contributed by atoms with E-state index in [0.29, 0.717) is 0 Å². The highest BCUT2D eigenvalue weighted by atomic mass is 28.4. The Morgan fingerprint density at radius 3 is 2.52 bits per heavy atom. The summed E-state index contributed by atoms with van der Waals surface area (Å²) in [5.41, 5.74) is 2.28. The summed E-state index contributed by atoms with van der Waals surface area (Å²) in [5, 5.41) is 0.125. The summed E-state index contributed by atoms with van der Waals surface area (Å²) in [5.74, 6) is 0.141. The Hall–Kier alpha value is -0.883. The molecule has 0 bridgehead atoms. The van der Waals surface area contributed by atoms with Crippen LogP contribution in [-0.4, -0.2) is 21.5 Å². The Morgan fingerprint density at radius 2 is 2.00 bits per heavy atom. The van der Waals surface area contributed by atoms with Crippen LogP contribution in [0.2, 0.25) is 18.1 Å². The van der Waals surface area contributed by atoms with Crippen LogP contribution in [0.4, 0.5) is 0 Å². The predicted octanol–water partition coefficient (Wildman–Crippen LogP) is 3.76. The molecule has 21 heavy (non-hydrogen) atoms. The number of hydrogen-bond acceptors (Lipinski definition) is 4. The molecule has 4 nitrogen and oxygen atoms in total. The molecule has 1 aliphatic carbocycles. The summed E-state index contributed by atoms with van der Waals surface area (Å²) in [4.78, 5) is 10.9. The highest BCUT2D eigenvalue weighted by Crippen LogP contribution is 2.54. The Bertz CT molecular complexity index is 564. The van der Waals surface area contributed by atoms with Gasteiger partial charge in [-0.15, -0.1) is 0 Å². The third kappa shape index (κ3) is 2.14. The lowest BCUT2D eigenvalue weighted by Gasteiger charge is -2.49. The molecule has 2 atom stereocenters. The van der Waals surface area contributed by atoms with E-state index in [1.54, 1.807) is 7.11 Å². The zero-order chi connectivity index (χ0) is 15.5. The zero-order valence-corrected chi connectivity index (χ0v) is 14.6. The number of fused-ring (bicyclic) bond motifs is 3. The Balaban J connectivity index is 1.97. The molecule has 0 aromatic heterocycles. The second-order valence-electron chi connectivity index (χ2n) is 7.43. The standard InChI is InChI=1S/C16H24O4Si/c1-15(2,3)21(5,6)20-16-13-8-7-12(17-4)9-11(13)10-14(16)18-19-16/h7-9,14H,10H2,1-6H3/t14-,16-/m0/s1. The Labute approximate surface area is 127 Å². The molecule has 116 valence electrons. The van der Waals surface area contributed by atoms with Gasteiger partial charge in [-0.3, -0.25) is 0 Å². The van der Waals surface area contributed by atoms with Crippen LogP contribution in [0, 0.1) is 0 Å². The molecule has 0 spiro atoms. The molecule has 0 N–H and O–H groups in total. The number of ether oxygens (including phenoxy) is 1. The fourth-order valence-corrected chi connectivity index (χ4v) is 4.01. The molecule has 5 heteroatoms. The van der Waals surface area contributed by atoms with E-state index >= 15 is 0 Å². The normalized spacial score (nSPS) is 27.8. The van der Waals surface area contributed by atoms with Gasteiger partial charge < -0.3 is 9.16 Å². The summed E-state index contributed by atoms with van der Waals surface area (Å²) in [6.07, 6.45) is 0.759. The summed E-state index contributed by atoms with van der Waals surface area (Å²) >= 11 is 0. The van der Waals surface area contributed by atoms with Crippen LogP contribution >= 0.6 is 0 Å². The third-order valence-electron chi connectivity index (χ3n) is 5.02. The molecule has 2 aliphatic rings. The van der Waals surface area contributed by atoms with E-state index in [2.05, 4.69) is 39.9 Å². The molecule has 1 aliphatic heterocycles. The van der Waals surface area contributed by atoms with Crippen LogP contribution in [-0.2, 0) is 26.4 Å². The molecular weight excluding hydrogens is 284 g/mol. The van der Waals surface area contributed by atoms with Gasteiger partial charge in [0.15, 0.2) is 14.4 Å². The summed E-state index contributed by atoms with van der Waals surface area (Å²) in [7, 11) is -0.279. The molecule has 1 saturated heterocycles. The maximum atomic E-state index is 6.60. The van der Waals surface area contributed by atoms with E-state index in [0.717, 1.165) is 17.7 Å². The van der Waals surface area contributed by atoms with Gasteiger partial charge in [-0.1, -0.05) is 20.8 Å². The summed E-state index contributed by atoms with van der Waals surface area (Å²) in [6.45, 7) is 11.2. The van der Waals surface area contributed by atoms with Gasteiger partial charge in [0.1, 0.15) is 5.75 Å². The minimum Gasteiger partial charge on any atom is -0.497 e. The molecule has 0 unspecified atom stereocenters. The minimum atomic E-state index is -1.96. The third-order valence-corrected chi connectivity index (χ3v) is 9.44. The topological polar surface area (TPSA) is 36.9 Å². The van der Waals surface area contributed by atoms with Crippen molar-refractivity contribution in [1.82, 2.24) is 0 Å². The second kappa shape index (κ2) is 4.55. The Morgan fingerprint density at radius 1 is 1.29 bits per heavy atom. The van der Waals surface area contributed by atoms with Crippen LogP contribution in [0.3, 0.4) is 0 Å². The van der Waals surface area contributed by atoms with Crippen molar-refractivity contribution >= 4 is 8.32 Å². The molecule has 1 heterocycles. The van der Waals surface area contributed by atoms with E-state index in [9.17, 15) is 0 Å². The number of rotatable bonds is 3. The summed E-state index contributed by atoms with van der Waals surface area (Å²) in [6, 6.07) is 6.06. The van der Waals surface area contributed by atoms with Crippen molar-refractivity contribution in [2.75, 3.05) is 7.11 Å². The SMILES string of the molecule is COc1ccc2c(c1)C[C@@H]1OO[C@]21O[Si](C)(C)C(C)(C)C. The predicted molar refractivity (Wildman–Crippen MR) is 82.6 cm³/mol. The van der Waals surface area contributed by atoms with Gasteiger partial charge in [0.05, 0.1) is 7.11 Å². The smallest absolute Gasteiger partial charge is 0.249 e. The van der Waals surface area contributed by atoms with E-state index < -0.39 is 14.1 Å². The zero-order valence-electron chi connectivity index (χ0n) is 13.6. The highest BCUT2D eigenvalue weighted by Gasteiger charge is 2.62. The average molecular weight is 308 g/mol. The first-order chi connectivity index (χ1) is 9.69. The largest absolute Gasteiger partial charge is 0.497 e. The van der Waals surface area contributed by atoms with Crippen LogP contribution < -0.4 is 4.74 Å². The lowest BCUT2D eigenvalue weighted by atomic mass is 10.1.